The van der Waals surface area contributed by atoms with Gasteiger partial charge in [-0.3, -0.25) is 5.32 Å². The van der Waals surface area contributed by atoms with Crippen molar-refractivity contribution in [1.29, 1.82) is 0 Å². The first-order valence-electron chi connectivity index (χ1n) is 10.3. The van der Waals surface area contributed by atoms with E-state index in [1.807, 2.05) is 13.8 Å². The summed E-state index contributed by atoms with van der Waals surface area (Å²) in [5.41, 5.74) is -0.395. The van der Waals surface area contributed by atoms with Gasteiger partial charge in [-0.05, 0) is 55.5 Å². The third kappa shape index (κ3) is 8.22. The number of hydrogen-bond donors (Lipinski definition) is 5. The zero-order valence-corrected chi connectivity index (χ0v) is 19.4. The Labute approximate surface area is 194 Å². The summed E-state index contributed by atoms with van der Waals surface area (Å²) < 4.78 is 37.1. The monoisotopic (exact) mass is 486 g/mol. The predicted octanol–water partition coefficient (Wildman–Crippen LogP) is 3.27. The number of halogens is 2. The highest BCUT2D eigenvalue weighted by atomic mass is 32.1. The van der Waals surface area contributed by atoms with Crippen LogP contribution in [0.15, 0.2) is 12.1 Å². The third-order valence-corrected chi connectivity index (χ3v) is 5.28. The zero-order valence-electron chi connectivity index (χ0n) is 18.6. The van der Waals surface area contributed by atoms with Crippen LogP contribution in [0.4, 0.5) is 18.6 Å². The van der Waals surface area contributed by atoms with E-state index in [1.54, 1.807) is 0 Å². The number of carbonyl (C=O) groups is 2. The second-order valence-electron chi connectivity index (χ2n) is 7.71. The average Bonchev–Trinajstić information content (AvgIpc) is 3.09. The van der Waals surface area contributed by atoms with Gasteiger partial charge in [0.2, 0.25) is 5.88 Å². The quantitative estimate of drug-likeness (QED) is 0.311. The highest BCUT2D eigenvalue weighted by molar-refractivity contribution is 7.11. The van der Waals surface area contributed by atoms with Crippen LogP contribution in [0.25, 0.3) is 0 Å². The van der Waals surface area contributed by atoms with Crippen molar-refractivity contribution < 1.29 is 33.3 Å². The van der Waals surface area contributed by atoms with E-state index in [0.29, 0.717) is 42.5 Å². The molecule has 2 rings (SSSR count). The van der Waals surface area contributed by atoms with Crippen molar-refractivity contribution >= 4 is 28.5 Å². The Bertz CT molecular complexity index is 947. The number of ether oxygens (including phenoxy) is 1. The predicted molar refractivity (Wildman–Crippen MR) is 120 cm³/mol. The number of anilines is 1. The van der Waals surface area contributed by atoms with Crippen LogP contribution in [0.2, 0.25) is 0 Å². The van der Waals surface area contributed by atoms with Crippen LogP contribution < -0.4 is 20.7 Å². The van der Waals surface area contributed by atoms with Gasteiger partial charge in [-0.25, -0.2) is 18.4 Å². The largest absolute Gasteiger partial charge is 0.477 e. The second kappa shape index (κ2) is 12.4. The Kier molecular flexibility index (Phi) is 9.95. The van der Waals surface area contributed by atoms with Gasteiger partial charge in [0.15, 0.2) is 5.56 Å². The first-order chi connectivity index (χ1) is 15.6. The number of carboxylic acid groups (broad SMARTS) is 1. The molecule has 0 aliphatic carbocycles. The summed E-state index contributed by atoms with van der Waals surface area (Å²) in [5, 5.41) is 27.4. The molecular formula is C21H28F2N4O5S. The molecule has 2 aromatic rings. The molecule has 0 fully saturated rings. The number of nitrogens with zero attached hydrogens (tertiary/aromatic N) is 1. The van der Waals surface area contributed by atoms with Crippen molar-refractivity contribution in [2.24, 2.45) is 0 Å². The van der Waals surface area contributed by atoms with Gasteiger partial charge in [0, 0.05) is 12.6 Å². The molecule has 0 radical (unpaired) electrons. The Balaban J connectivity index is 1.92. The number of carboxylic acids is 1. The first-order valence-corrected chi connectivity index (χ1v) is 11.1. The Morgan fingerprint density at radius 2 is 1.82 bits per heavy atom. The number of aromatic carboxylic acids is 1. The molecular weight excluding hydrogens is 458 g/mol. The third-order valence-electron chi connectivity index (χ3n) is 4.53. The molecule has 0 spiro atoms. The number of aliphatic hydroxyl groups is 1. The fourth-order valence-corrected chi connectivity index (χ4v) is 3.56. The van der Waals surface area contributed by atoms with Crippen molar-refractivity contribution in [1.82, 2.24) is 15.0 Å². The molecule has 1 unspecified atom stereocenters. The minimum Gasteiger partial charge on any atom is -0.477 e. The van der Waals surface area contributed by atoms with Crippen LogP contribution >= 0.6 is 11.5 Å². The molecule has 0 bridgehead atoms. The highest BCUT2D eigenvalue weighted by Crippen LogP contribution is 2.31. The van der Waals surface area contributed by atoms with Gasteiger partial charge < -0.3 is 25.6 Å². The van der Waals surface area contributed by atoms with E-state index in [0.717, 1.165) is 12.1 Å². The number of urea groups is 1. The maximum absolute atomic E-state index is 14.0. The fraction of sp³-hybridized carbons (Fsp3) is 0.476. The molecule has 182 valence electrons. The van der Waals surface area contributed by atoms with Crippen LogP contribution in [0.3, 0.4) is 0 Å². The van der Waals surface area contributed by atoms with Crippen molar-refractivity contribution in [3.05, 3.63) is 40.5 Å². The molecule has 1 atom stereocenters. The molecule has 0 aliphatic rings. The normalized spacial score (nSPS) is 12.0. The summed E-state index contributed by atoms with van der Waals surface area (Å²) in [7, 11) is 0. The molecule has 9 nitrogen and oxygen atoms in total. The number of nitrogens with one attached hydrogen (secondary N) is 3. The van der Waals surface area contributed by atoms with Gasteiger partial charge in [-0.1, -0.05) is 13.8 Å². The second-order valence-corrected chi connectivity index (χ2v) is 8.49. The molecule has 12 heteroatoms. The summed E-state index contributed by atoms with van der Waals surface area (Å²) in [4.78, 5) is 23.8. The Morgan fingerprint density at radius 1 is 1.18 bits per heavy atom. The molecule has 0 aliphatic heterocycles. The molecule has 1 heterocycles. The Morgan fingerprint density at radius 3 is 2.42 bits per heavy atom. The van der Waals surface area contributed by atoms with Crippen LogP contribution in [0.1, 0.15) is 48.2 Å². The van der Waals surface area contributed by atoms with Gasteiger partial charge in [-0.2, -0.15) is 4.37 Å². The number of aliphatic hydroxyl groups excluding tert-OH is 1. The molecule has 0 saturated heterocycles. The summed E-state index contributed by atoms with van der Waals surface area (Å²) in [5.74, 6) is -3.43. The standard InChI is InChI=1S/C21H28F2N4O5S/c1-11(2)24-6-4-13(28)5-7-25-21(31)26-19-17(20(29)30)18(27-33-19)32-10-14-15(22)8-12(3)9-16(14)23/h8-9,11,13,24,28H,4-7,10H2,1-3H3,(H,29,30)(H2,25,26,31). The molecule has 0 saturated carbocycles. The number of rotatable bonds is 12. The van der Waals surface area contributed by atoms with Crippen molar-refractivity contribution in [2.45, 2.75) is 52.4 Å². The summed E-state index contributed by atoms with van der Waals surface area (Å²) in [6.45, 7) is 5.78. The number of aryl methyl sites for hydroxylation is 1. The maximum atomic E-state index is 14.0. The van der Waals surface area contributed by atoms with Crippen molar-refractivity contribution in [3.63, 3.8) is 0 Å². The summed E-state index contributed by atoms with van der Waals surface area (Å²) in [6.07, 6.45) is 0.253. The lowest BCUT2D eigenvalue weighted by atomic mass is 10.1. The summed E-state index contributed by atoms with van der Waals surface area (Å²) >= 11 is 0.659. The van der Waals surface area contributed by atoms with E-state index < -0.39 is 41.9 Å². The van der Waals surface area contributed by atoms with E-state index in [9.17, 15) is 28.6 Å². The molecule has 5 N–H and O–H groups in total. The smallest absolute Gasteiger partial charge is 0.344 e. The number of aromatic nitrogens is 1. The lowest BCUT2D eigenvalue weighted by molar-refractivity contribution is 0.0693. The van der Waals surface area contributed by atoms with Gasteiger partial charge in [0.1, 0.15) is 23.2 Å². The first kappa shape index (κ1) is 26.4. The van der Waals surface area contributed by atoms with E-state index in [1.165, 1.54) is 6.92 Å². The molecule has 1 aromatic heterocycles. The molecule has 1 aromatic carbocycles. The Hall–Kier alpha value is -2.83. The summed E-state index contributed by atoms with van der Waals surface area (Å²) in [6, 6.07) is 1.90. The minimum absolute atomic E-state index is 0.0958. The molecule has 2 amide bonds. The van der Waals surface area contributed by atoms with E-state index in [4.69, 9.17) is 4.74 Å². The van der Waals surface area contributed by atoms with E-state index in [-0.39, 0.29) is 23.0 Å². The van der Waals surface area contributed by atoms with Crippen molar-refractivity contribution in [3.8, 4) is 5.88 Å². The zero-order chi connectivity index (χ0) is 24.5. The van der Waals surface area contributed by atoms with Gasteiger partial charge >= 0.3 is 12.0 Å². The van der Waals surface area contributed by atoms with E-state index >= 15 is 0 Å². The van der Waals surface area contributed by atoms with Crippen molar-refractivity contribution in [2.75, 3.05) is 18.4 Å². The fourth-order valence-electron chi connectivity index (χ4n) is 2.84. The van der Waals surface area contributed by atoms with Crippen LogP contribution in [0, 0.1) is 18.6 Å². The SMILES string of the molecule is Cc1cc(F)c(COc2nsc(NC(=O)NCCC(O)CCNC(C)C)c2C(=O)O)c(F)c1. The topological polar surface area (TPSA) is 133 Å². The van der Waals surface area contributed by atoms with Crippen LogP contribution in [-0.2, 0) is 6.61 Å². The lowest BCUT2D eigenvalue weighted by Crippen LogP contribution is -2.32. The van der Waals surface area contributed by atoms with Crippen LogP contribution in [-0.4, -0.2) is 51.8 Å². The maximum Gasteiger partial charge on any atom is 0.344 e. The van der Waals surface area contributed by atoms with Crippen LogP contribution in [0.5, 0.6) is 5.88 Å². The number of benzene rings is 1. The lowest BCUT2D eigenvalue weighted by Gasteiger charge is -2.13. The number of amides is 2. The van der Waals surface area contributed by atoms with Gasteiger partial charge in [0.25, 0.3) is 0 Å². The average molecular weight is 487 g/mol. The minimum atomic E-state index is -1.42. The highest BCUT2D eigenvalue weighted by Gasteiger charge is 2.24. The van der Waals surface area contributed by atoms with Gasteiger partial charge in [-0.15, -0.1) is 0 Å². The van der Waals surface area contributed by atoms with Gasteiger partial charge in [0.05, 0.1) is 11.7 Å². The number of carbonyl (C=O) groups excluding carboxylic acids is 1. The number of hydrogen-bond acceptors (Lipinski definition) is 7. The van der Waals surface area contributed by atoms with E-state index in [2.05, 4.69) is 20.3 Å². The molecule has 33 heavy (non-hydrogen) atoms.